The molecule has 1 rings (SSSR count). The number of anilines is 1. The molecule has 0 aliphatic carbocycles. The number of hydrogen-bond acceptors (Lipinski definition) is 2. The molecule has 0 fully saturated rings. The van der Waals surface area contributed by atoms with Crippen molar-refractivity contribution in [3.8, 4) is 0 Å². The van der Waals surface area contributed by atoms with Gasteiger partial charge in [0.2, 0.25) is 0 Å². The lowest BCUT2D eigenvalue weighted by atomic mass is 10.1. The van der Waals surface area contributed by atoms with Crippen molar-refractivity contribution in [1.82, 2.24) is 5.32 Å². The second-order valence-corrected chi connectivity index (χ2v) is 5.87. The number of benzene rings is 1. The highest BCUT2D eigenvalue weighted by Gasteiger charge is 2.16. The zero-order chi connectivity index (χ0) is 15.8. The summed E-state index contributed by atoms with van der Waals surface area (Å²) in [6.45, 7) is 10.8. The Labute approximate surface area is 127 Å². The third kappa shape index (κ3) is 5.62. The largest absolute Gasteiger partial charge is 0.367 e. The lowest BCUT2D eigenvalue weighted by Gasteiger charge is -2.24. The molecule has 0 bridgehead atoms. The van der Waals surface area contributed by atoms with E-state index in [2.05, 4.69) is 26.1 Å². The zero-order valence-electron chi connectivity index (χ0n) is 13.7. The molecular formula is C17H28F2N2. The first-order valence-corrected chi connectivity index (χ1v) is 7.93. The van der Waals surface area contributed by atoms with Crippen LogP contribution < -0.4 is 10.2 Å². The number of nitrogens with one attached hydrogen (secondary N) is 1. The van der Waals surface area contributed by atoms with E-state index in [1.54, 1.807) is 4.90 Å². The molecule has 0 atom stereocenters. The number of halogens is 2. The number of rotatable bonds is 9. The van der Waals surface area contributed by atoms with Gasteiger partial charge in [-0.25, -0.2) is 8.78 Å². The first-order valence-electron chi connectivity index (χ1n) is 7.93. The van der Waals surface area contributed by atoms with Gasteiger partial charge in [-0.05, 0) is 43.5 Å². The Balaban J connectivity index is 2.83. The van der Waals surface area contributed by atoms with E-state index in [1.807, 2.05) is 6.92 Å². The van der Waals surface area contributed by atoms with Crippen molar-refractivity contribution in [2.45, 2.75) is 47.1 Å². The SMILES string of the molecule is CCCCN(CC)c1c(F)cc(CNCC(C)C)cc1F. The van der Waals surface area contributed by atoms with Crippen LogP contribution in [0.4, 0.5) is 14.5 Å². The normalized spacial score (nSPS) is 11.2. The van der Waals surface area contributed by atoms with Crippen molar-refractivity contribution in [2.75, 3.05) is 24.5 Å². The quantitative estimate of drug-likeness (QED) is 0.729. The molecule has 0 saturated carbocycles. The minimum atomic E-state index is -0.464. The van der Waals surface area contributed by atoms with E-state index in [0.717, 1.165) is 19.4 Å². The molecule has 21 heavy (non-hydrogen) atoms. The minimum absolute atomic E-state index is 0.110. The van der Waals surface area contributed by atoms with Crippen LogP contribution in [0.3, 0.4) is 0 Å². The summed E-state index contributed by atoms with van der Waals surface area (Å²) < 4.78 is 28.5. The van der Waals surface area contributed by atoms with Crippen LogP contribution in [-0.4, -0.2) is 19.6 Å². The van der Waals surface area contributed by atoms with Gasteiger partial charge in [-0.15, -0.1) is 0 Å². The average Bonchev–Trinajstić information content (AvgIpc) is 2.41. The molecule has 0 heterocycles. The molecular weight excluding hydrogens is 270 g/mol. The molecule has 0 spiro atoms. The molecule has 4 heteroatoms. The fourth-order valence-corrected chi connectivity index (χ4v) is 2.30. The van der Waals surface area contributed by atoms with Gasteiger partial charge in [0.15, 0.2) is 0 Å². The van der Waals surface area contributed by atoms with Crippen LogP contribution in [0.15, 0.2) is 12.1 Å². The summed E-state index contributed by atoms with van der Waals surface area (Å²) >= 11 is 0. The van der Waals surface area contributed by atoms with Crippen LogP contribution in [0.25, 0.3) is 0 Å². The molecule has 0 radical (unpaired) electrons. The van der Waals surface area contributed by atoms with Gasteiger partial charge in [-0.1, -0.05) is 27.2 Å². The van der Waals surface area contributed by atoms with Crippen molar-refractivity contribution in [1.29, 1.82) is 0 Å². The van der Waals surface area contributed by atoms with Crippen LogP contribution in [0, 0.1) is 17.6 Å². The molecule has 1 N–H and O–H groups in total. The van der Waals surface area contributed by atoms with E-state index in [9.17, 15) is 8.78 Å². The van der Waals surface area contributed by atoms with E-state index in [1.165, 1.54) is 12.1 Å². The third-order valence-electron chi connectivity index (χ3n) is 3.44. The highest BCUT2D eigenvalue weighted by molar-refractivity contribution is 5.50. The maximum atomic E-state index is 14.3. The molecule has 0 saturated heterocycles. The molecule has 0 aliphatic heterocycles. The van der Waals surface area contributed by atoms with E-state index < -0.39 is 11.6 Å². The molecule has 0 aromatic heterocycles. The summed E-state index contributed by atoms with van der Waals surface area (Å²) in [6, 6.07) is 2.89. The first kappa shape index (κ1) is 17.9. The van der Waals surface area contributed by atoms with Crippen LogP contribution in [0.2, 0.25) is 0 Å². The Bertz CT molecular complexity index is 410. The van der Waals surface area contributed by atoms with Gasteiger partial charge in [0.05, 0.1) is 0 Å². The maximum Gasteiger partial charge on any atom is 0.149 e. The standard InChI is InChI=1S/C17H28F2N2/c1-5-7-8-21(6-2)17-15(18)9-14(10-16(17)19)12-20-11-13(3)4/h9-10,13,20H,5-8,11-12H2,1-4H3. The fourth-order valence-electron chi connectivity index (χ4n) is 2.30. The summed E-state index contributed by atoms with van der Waals surface area (Å²) in [4.78, 5) is 1.78. The molecule has 0 aliphatic rings. The molecule has 120 valence electrons. The first-order chi connectivity index (χ1) is 9.99. The second-order valence-electron chi connectivity index (χ2n) is 5.87. The van der Waals surface area contributed by atoms with E-state index >= 15 is 0 Å². The van der Waals surface area contributed by atoms with E-state index in [4.69, 9.17) is 0 Å². The monoisotopic (exact) mass is 298 g/mol. The molecule has 0 unspecified atom stereocenters. The number of unbranched alkanes of at least 4 members (excludes halogenated alkanes) is 1. The van der Waals surface area contributed by atoms with Crippen molar-refractivity contribution in [3.05, 3.63) is 29.3 Å². The summed E-state index contributed by atoms with van der Waals surface area (Å²) in [5.41, 5.74) is 0.763. The fraction of sp³-hybridized carbons (Fsp3) is 0.647. The van der Waals surface area contributed by atoms with E-state index in [0.29, 0.717) is 31.1 Å². The van der Waals surface area contributed by atoms with Crippen LogP contribution >= 0.6 is 0 Å². The smallest absolute Gasteiger partial charge is 0.149 e. The summed E-state index contributed by atoms with van der Waals surface area (Å²) in [7, 11) is 0. The van der Waals surface area contributed by atoms with Gasteiger partial charge in [0, 0.05) is 19.6 Å². The maximum absolute atomic E-state index is 14.3. The predicted molar refractivity (Wildman–Crippen MR) is 85.7 cm³/mol. The van der Waals surface area contributed by atoms with Crippen LogP contribution in [-0.2, 0) is 6.54 Å². The average molecular weight is 298 g/mol. The van der Waals surface area contributed by atoms with Crippen molar-refractivity contribution in [2.24, 2.45) is 5.92 Å². The summed E-state index contributed by atoms with van der Waals surface area (Å²) in [5.74, 6) is -0.410. The number of nitrogens with zero attached hydrogens (tertiary/aromatic N) is 1. The highest BCUT2D eigenvalue weighted by Crippen LogP contribution is 2.25. The Hall–Kier alpha value is -1.16. The van der Waals surface area contributed by atoms with Gasteiger partial charge < -0.3 is 10.2 Å². The van der Waals surface area contributed by atoms with Crippen molar-refractivity contribution >= 4 is 5.69 Å². The molecule has 1 aromatic rings. The second kappa shape index (κ2) is 8.98. The highest BCUT2D eigenvalue weighted by atomic mass is 19.1. The van der Waals surface area contributed by atoms with Gasteiger partial charge in [0.25, 0.3) is 0 Å². The van der Waals surface area contributed by atoms with Gasteiger partial charge in [-0.2, -0.15) is 0 Å². The van der Waals surface area contributed by atoms with Gasteiger partial charge in [-0.3, -0.25) is 0 Å². The van der Waals surface area contributed by atoms with Crippen molar-refractivity contribution in [3.63, 3.8) is 0 Å². The topological polar surface area (TPSA) is 15.3 Å². The lowest BCUT2D eigenvalue weighted by Crippen LogP contribution is -2.26. The Morgan fingerprint density at radius 1 is 1.14 bits per heavy atom. The Kier molecular flexibility index (Phi) is 7.65. The predicted octanol–water partition coefficient (Wildman–Crippen LogP) is 4.34. The van der Waals surface area contributed by atoms with Gasteiger partial charge in [0.1, 0.15) is 17.3 Å². The van der Waals surface area contributed by atoms with Crippen molar-refractivity contribution < 1.29 is 8.78 Å². The summed E-state index contributed by atoms with van der Waals surface area (Å²) in [5, 5.41) is 3.21. The van der Waals surface area contributed by atoms with Crippen LogP contribution in [0.1, 0.15) is 46.1 Å². The molecule has 1 aromatic carbocycles. The third-order valence-corrected chi connectivity index (χ3v) is 3.44. The van der Waals surface area contributed by atoms with E-state index in [-0.39, 0.29) is 5.69 Å². The lowest BCUT2D eigenvalue weighted by molar-refractivity contribution is 0.540. The van der Waals surface area contributed by atoms with Gasteiger partial charge >= 0.3 is 0 Å². The zero-order valence-corrected chi connectivity index (χ0v) is 13.7. The Morgan fingerprint density at radius 3 is 2.24 bits per heavy atom. The molecule has 2 nitrogen and oxygen atoms in total. The number of hydrogen-bond donors (Lipinski definition) is 1. The summed E-state index contributed by atoms with van der Waals surface area (Å²) in [6.07, 6.45) is 1.95. The van der Waals surface area contributed by atoms with Crippen LogP contribution in [0.5, 0.6) is 0 Å². The minimum Gasteiger partial charge on any atom is -0.367 e. The Morgan fingerprint density at radius 2 is 1.76 bits per heavy atom. The molecule has 0 amide bonds.